The molecule has 1 amide bonds. The summed E-state index contributed by atoms with van der Waals surface area (Å²) < 4.78 is 45.7. The lowest BCUT2D eigenvalue weighted by atomic mass is 9.84. The van der Waals surface area contributed by atoms with E-state index in [-0.39, 0.29) is 18.9 Å². The third-order valence-electron chi connectivity index (χ3n) is 4.42. The van der Waals surface area contributed by atoms with Gasteiger partial charge in [-0.05, 0) is 43.6 Å². The van der Waals surface area contributed by atoms with Gasteiger partial charge in [-0.3, -0.25) is 4.79 Å². The van der Waals surface area contributed by atoms with Gasteiger partial charge in [0.2, 0.25) is 5.60 Å². The zero-order chi connectivity index (χ0) is 16.9. The van der Waals surface area contributed by atoms with Crippen LogP contribution < -0.4 is 5.32 Å². The first-order valence-electron chi connectivity index (χ1n) is 7.86. The number of hydrogen-bond donors (Lipinski definition) is 1. The van der Waals surface area contributed by atoms with Crippen LogP contribution in [0.1, 0.15) is 31.2 Å². The smallest absolute Gasteiger partial charge is 0.357 e. The first-order chi connectivity index (χ1) is 10.9. The molecular formula is C17H22F3NO2. The first-order valence-corrected chi connectivity index (χ1v) is 7.86. The molecule has 128 valence electrons. The second-order valence-corrected chi connectivity index (χ2v) is 5.99. The highest BCUT2D eigenvalue weighted by Gasteiger charge is 2.62. The number of nitrogens with one attached hydrogen (secondary N) is 1. The highest BCUT2D eigenvalue weighted by molar-refractivity contribution is 5.86. The van der Waals surface area contributed by atoms with E-state index in [1.165, 1.54) is 7.05 Å². The van der Waals surface area contributed by atoms with Gasteiger partial charge in [-0.1, -0.05) is 30.3 Å². The number of rotatable bonds is 4. The van der Waals surface area contributed by atoms with Crippen molar-refractivity contribution in [2.45, 2.75) is 43.9 Å². The van der Waals surface area contributed by atoms with Gasteiger partial charge in [-0.25, -0.2) is 0 Å². The summed E-state index contributed by atoms with van der Waals surface area (Å²) in [5.74, 6) is -1.30. The number of carbonyl (C=O) groups is 1. The van der Waals surface area contributed by atoms with Crippen molar-refractivity contribution >= 4 is 5.91 Å². The van der Waals surface area contributed by atoms with Crippen molar-refractivity contribution in [2.75, 3.05) is 13.7 Å². The van der Waals surface area contributed by atoms with E-state index < -0.39 is 17.7 Å². The summed E-state index contributed by atoms with van der Waals surface area (Å²) in [4.78, 5) is 12.0. The quantitative estimate of drug-likeness (QED) is 0.918. The fraction of sp³-hybridized carbons (Fsp3) is 0.588. The number of benzene rings is 1. The molecule has 0 aliphatic carbocycles. The van der Waals surface area contributed by atoms with Crippen LogP contribution in [0.15, 0.2) is 30.3 Å². The lowest BCUT2D eigenvalue weighted by molar-refractivity contribution is -0.269. The van der Waals surface area contributed by atoms with Gasteiger partial charge < -0.3 is 10.1 Å². The molecule has 1 aromatic carbocycles. The lowest BCUT2D eigenvalue weighted by Gasteiger charge is -2.34. The Bertz CT molecular complexity index is 518. The van der Waals surface area contributed by atoms with E-state index in [9.17, 15) is 18.0 Å². The van der Waals surface area contributed by atoms with Gasteiger partial charge in [-0.2, -0.15) is 13.2 Å². The molecule has 23 heavy (non-hydrogen) atoms. The SMILES string of the molecule is CNC(=O)[C@]1(C(F)(F)F)CC(CCc2ccccc2)CCCO1. The summed E-state index contributed by atoms with van der Waals surface area (Å²) in [6.07, 6.45) is -2.54. The summed E-state index contributed by atoms with van der Waals surface area (Å²) in [6.45, 7) is -0.0469. The Labute approximate surface area is 134 Å². The topological polar surface area (TPSA) is 38.3 Å². The maximum Gasteiger partial charge on any atom is 0.426 e. The minimum atomic E-state index is -4.72. The standard InChI is InChI=1S/C17H22F3NO2/c1-21-15(22)16(17(18,19)20)12-14(8-5-11-23-16)10-9-13-6-3-2-4-7-13/h2-4,6-7,14H,5,8-12H2,1H3,(H,21,22)/t14?,16-/m0/s1. The molecule has 0 radical (unpaired) electrons. The van der Waals surface area contributed by atoms with Crippen molar-refractivity contribution < 1.29 is 22.7 Å². The van der Waals surface area contributed by atoms with Crippen molar-refractivity contribution in [3.63, 3.8) is 0 Å². The number of likely N-dealkylation sites (N-methyl/N-ethyl adjacent to an activating group) is 1. The molecule has 1 fully saturated rings. The van der Waals surface area contributed by atoms with Gasteiger partial charge in [0.1, 0.15) is 0 Å². The van der Waals surface area contributed by atoms with Gasteiger partial charge in [0.05, 0.1) is 0 Å². The monoisotopic (exact) mass is 329 g/mol. The maximum absolute atomic E-state index is 13.6. The van der Waals surface area contributed by atoms with Crippen LogP contribution in [0.3, 0.4) is 0 Å². The molecule has 1 unspecified atom stereocenters. The van der Waals surface area contributed by atoms with Crippen molar-refractivity contribution in [3.05, 3.63) is 35.9 Å². The van der Waals surface area contributed by atoms with Gasteiger partial charge in [0, 0.05) is 13.7 Å². The number of ether oxygens (including phenoxy) is 1. The molecule has 0 spiro atoms. The van der Waals surface area contributed by atoms with Crippen molar-refractivity contribution in [1.82, 2.24) is 5.32 Å². The van der Waals surface area contributed by atoms with Crippen LogP contribution in [-0.4, -0.2) is 31.3 Å². The Hall–Kier alpha value is -1.56. The zero-order valence-corrected chi connectivity index (χ0v) is 13.2. The average molecular weight is 329 g/mol. The fourth-order valence-corrected chi connectivity index (χ4v) is 3.13. The van der Waals surface area contributed by atoms with Crippen molar-refractivity contribution in [2.24, 2.45) is 5.92 Å². The highest BCUT2D eigenvalue weighted by Crippen LogP contribution is 2.42. The molecule has 1 aliphatic heterocycles. The molecule has 1 aliphatic rings. The summed E-state index contributed by atoms with van der Waals surface area (Å²) in [5, 5.41) is 2.12. The molecule has 2 rings (SSSR count). The third-order valence-corrected chi connectivity index (χ3v) is 4.42. The van der Waals surface area contributed by atoms with Crippen LogP contribution >= 0.6 is 0 Å². The van der Waals surface area contributed by atoms with Crippen LogP contribution in [0.25, 0.3) is 0 Å². The molecule has 0 saturated carbocycles. The van der Waals surface area contributed by atoms with Crippen molar-refractivity contribution in [1.29, 1.82) is 0 Å². The van der Waals surface area contributed by atoms with Gasteiger partial charge >= 0.3 is 6.18 Å². The molecule has 2 atom stereocenters. The van der Waals surface area contributed by atoms with E-state index in [0.717, 1.165) is 5.56 Å². The largest absolute Gasteiger partial charge is 0.426 e. The number of amides is 1. The third kappa shape index (κ3) is 4.05. The summed E-state index contributed by atoms with van der Waals surface area (Å²) >= 11 is 0. The molecule has 3 nitrogen and oxygen atoms in total. The molecule has 0 bridgehead atoms. The molecular weight excluding hydrogens is 307 g/mol. The first kappa shape index (κ1) is 17.8. The van der Waals surface area contributed by atoms with Gasteiger partial charge in [0.15, 0.2) is 0 Å². The van der Waals surface area contributed by atoms with Crippen LogP contribution in [0.5, 0.6) is 0 Å². The predicted octanol–water partition coefficient (Wildman–Crippen LogP) is 3.48. The highest BCUT2D eigenvalue weighted by atomic mass is 19.4. The second-order valence-electron chi connectivity index (χ2n) is 5.99. The fourth-order valence-electron chi connectivity index (χ4n) is 3.13. The second kappa shape index (κ2) is 7.34. The minimum Gasteiger partial charge on any atom is -0.357 e. The Morgan fingerprint density at radius 3 is 2.65 bits per heavy atom. The summed E-state index contributed by atoms with van der Waals surface area (Å²) in [7, 11) is 1.21. The molecule has 1 saturated heterocycles. The predicted molar refractivity (Wildman–Crippen MR) is 80.9 cm³/mol. The molecule has 1 N–H and O–H groups in total. The Morgan fingerprint density at radius 1 is 1.35 bits per heavy atom. The van der Waals surface area contributed by atoms with Crippen molar-refractivity contribution in [3.8, 4) is 0 Å². The van der Waals surface area contributed by atoms with E-state index in [1.807, 2.05) is 30.3 Å². The normalized spacial score (nSPS) is 25.7. The van der Waals surface area contributed by atoms with Crippen LogP contribution in [-0.2, 0) is 16.0 Å². The zero-order valence-electron chi connectivity index (χ0n) is 13.2. The van der Waals surface area contributed by atoms with Crippen LogP contribution in [0.2, 0.25) is 0 Å². The van der Waals surface area contributed by atoms with E-state index in [4.69, 9.17) is 4.74 Å². The Balaban J connectivity index is 2.13. The number of aryl methyl sites for hydroxylation is 1. The Morgan fingerprint density at radius 2 is 2.04 bits per heavy atom. The maximum atomic E-state index is 13.6. The number of alkyl halides is 3. The molecule has 1 aromatic rings. The summed E-state index contributed by atoms with van der Waals surface area (Å²) in [5.41, 5.74) is -1.63. The van der Waals surface area contributed by atoms with E-state index in [2.05, 4.69) is 5.32 Å². The van der Waals surface area contributed by atoms with Gasteiger partial charge in [0.25, 0.3) is 5.91 Å². The van der Waals surface area contributed by atoms with Gasteiger partial charge in [-0.15, -0.1) is 0 Å². The average Bonchev–Trinajstić information content (AvgIpc) is 2.76. The molecule has 1 heterocycles. The Kier molecular flexibility index (Phi) is 5.68. The lowest BCUT2D eigenvalue weighted by Crippen LogP contribution is -2.58. The molecule has 6 heteroatoms. The number of halogens is 3. The van der Waals surface area contributed by atoms with Crippen LogP contribution in [0.4, 0.5) is 13.2 Å². The number of hydrogen-bond acceptors (Lipinski definition) is 2. The molecule has 0 aromatic heterocycles. The van der Waals surface area contributed by atoms with E-state index in [1.54, 1.807) is 0 Å². The minimum absolute atomic E-state index is 0.0469. The van der Waals surface area contributed by atoms with E-state index >= 15 is 0 Å². The van der Waals surface area contributed by atoms with Crippen LogP contribution in [0, 0.1) is 5.92 Å². The summed E-state index contributed by atoms with van der Waals surface area (Å²) in [6, 6.07) is 9.65. The number of carbonyl (C=O) groups excluding carboxylic acids is 1. The van der Waals surface area contributed by atoms with E-state index in [0.29, 0.717) is 25.7 Å².